The highest BCUT2D eigenvalue weighted by Gasteiger charge is 2.26. The normalized spacial score (nSPS) is 14.9. The zero-order valence-corrected chi connectivity index (χ0v) is 11.4. The second-order valence-corrected chi connectivity index (χ2v) is 7.74. The first kappa shape index (κ1) is 14.8. The first-order chi connectivity index (χ1) is 8.31. The van der Waals surface area contributed by atoms with Crippen LogP contribution in [0.15, 0.2) is 30.3 Å². The zero-order valence-electron chi connectivity index (χ0n) is 9.78. The third-order valence-electron chi connectivity index (χ3n) is 2.24. The number of benzene rings is 1. The molecule has 1 rings (SSSR count). The molecule has 5 nitrogen and oxygen atoms in total. The summed E-state index contributed by atoms with van der Waals surface area (Å²) in [6.45, 7) is 0. The molecule has 0 aliphatic carbocycles. The van der Waals surface area contributed by atoms with E-state index in [2.05, 4.69) is 0 Å². The highest BCUT2D eigenvalue weighted by molar-refractivity contribution is 7.92. The second-order valence-electron chi connectivity index (χ2n) is 3.84. The van der Waals surface area contributed by atoms with Crippen LogP contribution >= 0.6 is 0 Å². The summed E-state index contributed by atoms with van der Waals surface area (Å²) in [4.78, 5) is 11.1. The predicted molar refractivity (Wildman–Crippen MR) is 69.5 cm³/mol. The smallest absolute Gasteiger partial charge is 0.323 e. The first-order valence-electron chi connectivity index (χ1n) is 5.14. The lowest BCUT2D eigenvalue weighted by atomic mass is 10.1. The fourth-order valence-electron chi connectivity index (χ4n) is 1.39. The number of sulfone groups is 1. The Morgan fingerprint density at radius 1 is 1.33 bits per heavy atom. The SMILES string of the molecule is CS(=O)(=O)CCS(=O)C(C(=O)O)c1ccccc1. The van der Waals surface area contributed by atoms with Crippen molar-refractivity contribution in [1.82, 2.24) is 0 Å². The number of carboxylic acid groups (broad SMARTS) is 1. The monoisotopic (exact) mass is 290 g/mol. The van der Waals surface area contributed by atoms with Gasteiger partial charge in [0.2, 0.25) is 0 Å². The molecule has 1 aromatic rings. The Labute approximate surface area is 108 Å². The minimum atomic E-state index is -3.25. The highest BCUT2D eigenvalue weighted by Crippen LogP contribution is 2.20. The molecule has 0 radical (unpaired) electrons. The van der Waals surface area contributed by atoms with Gasteiger partial charge < -0.3 is 5.11 Å². The molecule has 2 atom stereocenters. The molecule has 0 amide bonds. The molecule has 0 saturated heterocycles. The van der Waals surface area contributed by atoms with E-state index >= 15 is 0 Å². The summed E-state index contributed by atoms with van der Waals surface area (Å²) in [5, 5.41) is 7.90. The van der Waals surface area contributed by atoms with Crippen molar-refractivity contribution in [3.8, 4) is 0 Å². The number of hydrogen-bond acceptors (Lipinski definition) is 4. The van der Waals surface area contributed by atoms with Crippen LogP contribution in [0.4, 0.5) is 0 Å². The molecule has 100 valence electrons. The van der Waals surface area contributed by atoms with E-state index in [4.69, 9.17) is 5.11 Å². The van der Waals surface area contributed by atoms with Gasteiger partial charge in [0.05, 0.1) is 5.75 Å². The third kappa shape index (κ3) is 4.58. The van der Waals surface area contributed by atoms with Crippen LogP contribution in [0.25, 0.3) is 0 Å². The lowest BCUT2D eigenvalue weighted by Gasteiger charge is -2.12. The van der Waals surface area contributed by atoms with Crippen molar-refractivity contribution >= 4 is 26.6 Å². The molecular formula is C11H14O5S2. The van der Waals surface area contributed by atoms with E-state index in [1.54, 1.807) is 30.3 Å². The molecule has 2 unspecified atom stereocenters. The minimum absolute atomic E-state index is 0.176. The largest absolute Gasteiger partial charge is 0.480 e. The van der Waals surface area contributed by atoms with Gasteiger partial charge in [-0.05, 0) is 5.56 Å². The van der Waals surface area contributed by atoms with Crippen LogP contribution < -0.4 is 0 Å². The van der Waals surface area contributed by atoms with Crippen LogP contribution in [0.5, 0.6) is 0 Å². The van der Waals surface area contributed by atoms with E-state index < -0.39 is 31.9 Å². The molecule has 0 fully saturated rings. The van der Waals surface area contributed by atoms with Crippen molar-refractivity contribution in [2.45, 2.75) is 5.25 Å². The summed E-state index contributed by atoms with van der Waals surface area (Å²) in [6.07, 6.45) is 1.03. The maximum atomic E-state index is 11.9. The Bertz CT molecular complexity index is 536. The molecule has 0 aliphatic rings. The van der Waals surface area contributed by atoms with Crippen molar-refractivity contribution in [1.29, 1.82) is 0 Å². The van der Waals surface area contributed by atoms with Gasteiger partial charge in [-0.15, -0.1) is 0 Å². The van der Waals surface area contributed by atoms with Crippen molar-refractivity contribution in [3.05, 3.63) is 35.9 Å². The Morgan fingerprint density at radius 3 is 2.33 bits per heavy atom. The van der Waals surface area contributed by atoms with Crippen molar-refractivity contribution in [2.24, 2.45) is 0 Å². The van der Waals surface area contributed by atoms with Gasteiger partial charge in [-0.2, -0.15) is 0 Å². The fraction of sp³-hybridized carbons (Fsp3) is 0.364. The van der Waals surface area contributed by atoms with Crippen LogP contribution in [-0.2, 0) is 25.4 Å². The first-order valence-corrected chi connectivity index (χ1v) is 8.58. The minimum Gasteiger partial charge on any atom is -0.480 e. The molecule has 1 N–H and O–H groups in total. The number of aliphatic carboxylic acids is 1. The van der Waals surface area contributed by atoms with Gasteiger partial charge in [0.1, 0.15) is 9.84 Å². The molecular weight excluding hydrogens is 276 g/mol. The number of carbonyl (C=O) groups is 1. The molecule has 0 saturated carbocycles. The van der Waals surface area contributed by atoms with Gasteiger partial charge in [0, 0.05) is 22.8 Å². The van der Waals surface area contributed by atoms with Crippen molar-refractivity contribution in [3.63, 3.8) is 0 Å². The molecule has 0 aliphatic heterocycles. The van der Waals surface area contributed by atoms with Crippen LogP contribution in [-0.4, -0.2) is 41.5 Å². The molecule has 7 heteroatoms. The van der Waals surface area contributed by atoms with Crippen LogP contribution in [0.2, 0.25) is 0 Å². The molecule has 0 bridgehead atoms. The zero-order chi connectivity index (χ0) is 13.8. The van der Waals surface area contributed by atoms with E-state index in [1.165, 1.54) is 0 Å². The Hall–Kier alpha value is -1.21. The van der Waals surface area contributed by atoms with Gasteiger partial charge in [-0.1, -0.05) is 30.3 Å². The van der Waals surface area contributed by atoms with Crippen LogP contribution in [0, 0.1) is 0 Å². The molecule has 18 heavy (non-hydrogen) atoms. The van der Waals surface area contributed by atoms with Gasteiger partial charge in [-0.3, -0.25) is 9.00 Å². The Morgan fingerprint density at radius 2 is 1.89 bits per heavy atom. The van der Waals surface area contributed by atoms with E-state index in [9.17, 15) is 17.4 Å². The summed E-state index contributed by atoms with van der Waals surface area (Å²) >= 11 is 0. The number of rotatable bonds is 6. The number of hydrogen-bond donors (Lipinski definition) is 1. The summed E-state index contributed by atoms with van der Waals surface area (Å²) < 4.78 is 33.9. The summed E-state index contributed by atoms with van der Waals surface area (Å²) in [6, 6.07) is 8.16. The topological polar surface area (TPSA) is 88.5 Å². The van der Waals surface area contributed by atoms with E-state index in [-0.39, 0.29) is 11.5 Å². The Kier molecular flexibility index (Phi) is 5.03. The maximum absolute atomic E-state index is 11.9. The quantitative estimate of drug-likeness (QED) is 0.829. The third-order valence-corrected chi connectivity index (χ3v) is 5.06. The van der Waals surface area contributed by atoms with Crippen LogP contribution in [0.1, 0.15) is 10.8 Å². The molecule has 0 aromatic heterocycles. The van der Waals surface area contributed by atoms with Gasteiger partial charge in [0.25, 0.3) is 0 Å². The average molecular weight is 290 g/mol. The average Bonchev–Trinajstić information content (AvgIpc) is 2.26. The summed E-state index contributed by atoms with van der Waals surface area (Å²) in [7, 11) is -5.01. The van der Waals surface area contributed by atoms with Gasteiger partial charge in [-0.25, -0.2) is 8.42 Å². The van der Waals surface area contributed by atoms with Gasteiger partial charge in [0.15, 0.2) is 5.25 Å². The molecule has 0 spiro atoms. The standard InChI is InChI=1S/C11H14O5S2/c1-18(15,16)8-7-17(14)10(11(12)13)9-5-3-2-4-6-9/h2-6,10H,7-8H2,1H3,(H,12,13). The van der Waals surface area contributed by atoms with E-state index in [1.807, 2.05) is 0 Å². The second kappa shape index (κ2) is 6.10. The lowest BCUT2D eigenvalue weighted by molar-refractivity contribution is -0.136. The fourth-order valence-corrected chi connectivity index (χ4v) is 4.18. The Balaban J connectivity index is 2.87. The van der Waals surface area contributed by atoms with Gasteiger partial charge >= 0.3 is 5.97 Å². The maximum Gasteiger partial charge on any atom is 0.323 e. The summed E-state index contributed by atoms with van der Waals surface area (Å²) in [5.74, 6) is -1.67. The van der Waals surface area contributed by atoms with E-state index in [0.717, 1.165) is 6.26 Å². The highest BCUT2D eigenvalue weighted by atomic mass is 32.2. The summed E-state index contributed by atoms with van der Waals surface area (Å²) in [5.41, 5.74) is 0.414. The van der Waals surface area contributed by atoms with E-state index in [0.29, 0.717) is 5.56 Å². The lowest BCUT2D eigenvalue weighted by Crippen LogP contribution is -2.22. The molecule has 1 aromatic carbocycles. The molecule has 0 heterocycles. The van der Waals surface area contributed by atoms with Crippen LogP contribution in [0.3, 0.4) is 0 Å². The van der Waals surface area contributed by atoms with Crippen molar-refractivity contribution < 1.29 is 22.5 Å². The van der Waals surface area contributed by atoms with Crippen molar-refractivity contribution in [2.75, 3.05) is 17.8 Å². The number of carboxylic acids is 1. The predicted octanol–water partition coefficient (Wildman–Crippen LogP) is 0.606.